The number of rotatable bonds is 4. The van der Waals surface area contributed by atoms with Gasteiger partial charge >= 0.3 is 0 Å². The first-order chi connectivity index (χ1) is 8.45. The van der Waals surface area contributed by atoms with E-state index in [4.69, 9.17) is 10.9 Å². The van der Waals surface area contributed by atoms with Crippen LogP contribution >= 0.6 is 0 Å². The Morgan fingerprint density at radius 2 is 2.22 bits per heavy atom. The van der Waals surface area contributed by atoms with Gasteiger partial charge in [0.2, 0.25) is 0 Å². The molecule has 0 saturated carbocycles. The van der Waals surface area contributed by atoms with Crippen LogP contribution < -0.4 is 5.73 Å². The van der Waals surface area contributed by atoms with Crippen LogP contribution in [0.1, 0.15) is 29.3 Å². The highest BCUT2D eigenvalue weighted by Crippen LogP contribution is 2.10. The maximum Gasteiger partial charge on any atom is 0.253 e. The maximum absolute atomic E-state index is 12.2. The molecule has 1 rings (SSSR count). The van der Waals surface area contributed by atoms with Gasteiger partial charge < -0.3 is 15.8 Å². The van der Waals surface area contributed by atoms with Crippen molar-refractivity contribution in [1.29, 1.82) is 0 Å². The Balaban J connectivity index is 2.78. The van der Waals surface area contributed by atoms with Gasteiger partial charge in [0.15, 0.2) is 0 Å². The molecular formula is C13H19N3O2. The summed E-state index contributed by atoms with van der Waals surface area (Å²) in [6.07, 6.45) is 0.338. The number of benzene rings is 1. The summed E-state index contributed by atoms with van der Waals surface area (Å²) in [4.78, 5) is 13.8. The second kappa shape index (κ2) is 6.05. The molecule has 0 spiro atoms. The molecule has 0 fully saturated rings. The quantitative estimate of drug-likeness (QED) is 0.368. The van der Waals surface area contributed by atoms with Crippen LogP contribution in [0.25, 0.3) is 0 Å². The van der Waals surface area contributed by atoms with E-state index in [1.54, 1.807) is 18.0 Å². The van der Waals surface area contributed by atoms with E-state index in [2.05, 4.69) is 5.16 Å². The maximum atomic E-state index is 12.2. The lowest BCUT2D eigenvalue weighted by molar-refractivity contribution is 0.0747. The third kappa shape index (κ3) is 3.48. The molecule has 1 amide bonds. The van der Waals surface area contributed by atoms with E-state index in [0.717, 1.165) is 5.56 Å². The topological polar surface area (TPSA) is 78.9 Å². The van der Waals surface area contributed by atoms with Gasteiger partial charge in [-0.2, -0.15) is 0 Å². The molecule has 0 bridgehead atoms. The molecule has 98 valence electrons. The zero-order chi connectivity index (χ0) is 13.7. The zero-order valence-corrected chi connectivity index (χ0v) is 10.9. The number of oxime groups is 1. The standard InChI is InChI=1S/C13H19N3O2/c1-9-5-4-6-11(7-9)13(17)16(3)10(2)8-12(14)15-18/h4-7,10,18H,8H2,1-3H3,(H2,14,15). The fraction of sp³-hybridized carbons (Fsp3) is 0.385. The van der Waals surface area contributed by atoms with Crippen LogP contribution in [0.2, 0.25) is 0 Å². The molecule has 0 aliphatic heterocycles. The Labute approximate surface area is 107 Å². The van der Waals surface area contributed by atoms with Gasteiger partial charge in [0.1, 0.15) is 5.84 Å². The van der Waals surface area contributed by atoms with E-state index in [0.29, 0.717) is 12.0 Å². The van der Waals surface area contributed by atoms with Crippen molar-refractivity contribution in [3.8, 4) is 0 Å². The monoisotopic (exact) mass is 249 g/mol. The lowest BCUT2D eigenvalue weighted by Crippen LogP contribution is -2.37. The SMILES string of the molecule is Cc1cccc(C(=O)N(C)C(C)CC(N)=NO)c1. The fourth-order valence-corrected chi connectivity index (χ4v) is 1.66. The van der Waals surface area contributed by atoms with Crippen LogP contribution in [0.3, 0.4) is 0 Å². The van der Waals surface area contributed by atoms with Crippen molar-refractivity contribution in [2.75, 3.05) is 7.05 Å². The lowest BCUT2D eigenvalue weighted by Gasteiger charge is -2.24. The average molecular weight is 249 g/mol. The summed E-state index contributed by atoms with van der Waals surface area (Å²) in [5.41, 5.74) is 7.12. The van der Waals surface area contributed by atoms with Gasteiger partial charge in [0.25, 0.3) is 5.91 Å². The number of amidine groups is 1. The first-order valence-electron chi connectivity index (χ1n) is 5.76. The van der Waals surface area contributed by atoms with E-state index in [-0.39, 0.29) is 17.8 Å². The molecule has 18 heavy (non-hydrogen) atoms. The summed E-state index contributed by atoms with van der Waals surface area (Å²) in [6, 6.07) is 7.28. The molecule has 3 N–H and O–H groups in total. The number of hydrogen-bond donors (Lipinski definition) is 2. The molecule has 0 heterocycles. The van der Waals surface area contributed by atoms with Crippen molar-refractivity contribution in [1.82, 2.24) is 4.90 Å². The Kier molecular flexibility index (Phi) is 4.71. The smallest absolute Gasteiger partial charge is 0.253 e. The zero-order valence-electron chi connectivity index (χ0n) is 10.9. The van der Waals surface area contributed by atoms with Crippen LogP contribution in [0, 0.1) is 6.92 Å². The molecular weight excluding hydrogens is 230 g/mol. The molecule has 5 heteroatoms. The summed E-state index contributed by atoms with van der Waals surface area (Å²) in [6.45, 7) is 3.79. The number of nitrogens with two attached hydrogens (primary N) is 1. The summed E-state index contributed by atoms with van der Waals surface area (Å²) in [7, 11) is 1.71. The van der Waals surface area contributed by atoms with Crippen molar-refractivity contribution < 1.29 is 10.0 Å². The first kappa shape index (κ1) is 14.0. The van der Waals surface area contributed by atoms with Gasteiger partial charge in [-0.05, 0) is 26.0 Å². The van der Waals surface area contributed by atoms with Gasteiger partial charge in [-0.15, -0.1) is 0 Å². The van der Waals surface area contributed by atoms with Crippen LogP contribution in [-0.2, 0) is 0 Å². The largest absolute Gasteiger partial charge is 0.409 e. The second-order valence-electron chi connectivity index (χ2n) is 4.43. The normalized spacial score (nSPS) is 13.2. The van der Waals surface area contributed by atoms with Crippen LogP contribution in [0.5, 0.6) is 0 Å². The Hall–Kier alpha value is -2.04. The van der Waals surface area contributed by atoms with E-state index in [1.165, 1.54) is 0 Å². The van der Waals surface area contributed by atoms with Crippen LogP contribution in [0.15, 0.2) is 29.4 Å². The molecule has 0 radical (unpaired) electrons. The van der Waals surface area contributed by atoms with Crippen LogP contribution in [0.4, 0.5) is 0 Å². The first-order valence-corrected chi connectivity index (χ1v) is 5.76. The minimum absolute atomic E-state index is 0.0723. The number of carbonyl (C=O) groups is 1. The van der Waals surface area contributed by atoms with Gasteiger partial charge in [-0.25, -0.2) is 0 Å². The molecule has 0 aromatic heterocycles. The predicted molar refractivity (Wildman–Crippen MR) is 70.8 cm³/mol. The van der Waals surface area contributed by atoms with Gasteiger partial charge in [-0.3, -0.25) is 4.79 Å². The minimum Gasteiger partial charge on any atom is -0.409 e. The highest BCUT2D eigenvalue weighted by Gasteiger charge is 2.18. The van der Waals surface area contributed by atoms with Crippen molar-refractivity contribution >= 4 is 11.7 Å². The third-order valence-corrected chi connectivity index (χ3v) is 2.88. The number of amides is 1. The summed E-state index contributed by atoms with van der Waals surface area (Å²) < 4.78 is 0. The van der Waals surface area contributed by atoms with E-state index < -0.39 is 0 Å². The molecule has 1 aromatic rings. The van der Waals surface area contributed by atoms with E-state index in [9.17, 15) is 4.79 Å². The van der Waals surface area contributed by atoms with Crippen molar-refractivity contribution in [3.63, 3.8) is 0 Å². The average Bonchev–Trinajstić information content (AvgIpc) is 2.36. The Morgan fingerprint density at radius 3 is 2.78 bits per heavy atom. The van der Waals surface area contributed by atoms with Crippen molar-refractivity contribution in [3.05, 3.63) is 35.4 Å². The van der Waals surface area contributed by atoms with Gasteiger partial charge in [0, 0.05) is 25.1 Å². The molecule has 1 unspecified atom stereocenters. The highest BCUT2D eigenvalue weighted by atomic mass is 16.4. The van der Waals surface area contributed by atoms with Crippen LogP contribution in [-0.4, -0.2) is 34.9 Å². The Bertz CT molecular complexity index is 457. The summed E-state index contributed by atoms with van der Waals surface area (Å²) in [5.74, 6) is 0.0448. The molecule has 0 aliphatic carbocycles. The van der Waals surface area contributed by atoms with Gasteiger partial charge in [-0.1, -0.05) is 22.9 Å². The highest BCUT2D eigenvalue weighted by molar-refractivity contribution is 5.94. The van der Waals surface area contributed by atoms with Gasteiger partial charge in [0.05, 0.1) is 0 Å². The minimum atomic E-state index is -0.131. The number of carbonyl (C=O) groups excluding carboxylic acids is 1. The van der Waals surface area contributed by atoms with E-state index in [1.807, 2.05) is 32.0 Å². The molecule has 1 atom stereocenters. The van der Waals surface area contributed by atoms with Crippen molar-refractivity contribution in [2.45, 2.75) is 26.3 Å². The molecule has 0 aliphatic rings. The number of nitrogens with zero attached hydrogens (tertiary/aromatic N) is 2. The third-order valence-electron chi connectivity index (χ3n) is 2.88. The predicted octanol–water partition coefficient (Wildman–Crippen LogP) is 1.59. The fourth-order valence-electron chi connectivity index (χ4n) is 1.66. The molecule has 5 nitrogen and oxygen atoms in total. The summed E-state index contributed by atoms with van der Waals surface area (Å²) >= 11 is 0. The Morgan fingerprint density at radius 1 is 1.56 bits per heavy atom. The lowest BCUT2D eigenvalue weighted by atomic mass is 10.1. The molecule has 0 saturated heterocycles. The molecule has 1 aromatic carbocycles. The number of hydrogen-bond acceptors (Lipinski definition) is 3. The summed E-state index contributed by atoms with van der Waals surface area (Å²) in [5, 5.41) is 11.4. The van der Waals surface area contributed by atoms with Crippen molar-refractivity contribution in [2.24, 2.45) is 10.9 Å². The van der Waals surface area contributed by atoms with E-state index >= 15 is 0 Å². The second-order valence-corrected chi connectivity index (χ2v) is 4.43. The number of aryl methyl sites for hydroxylation is 1.